The van der Waals surface area contributed by atoms with Gasteiger partial charge in [0, 0.05) is 35.8 Å². The van der Waals surface area contributed by atoms with E-state index in [4.69, 9.17) is 4.74 Å². The van der Waals surface area contributed by atoms with Gasteiger partial charge in [0.2, 0.25) is 0 Å². The Morgan fingerprint density at radius 3 is 2.63 bits per heavy atom. The number of fused-ring (bicyclic) bond motifs is 6. The second-order valence-corrected chi connectivity index (χ2v) is 11.0. The first-order valence-corrected chi connectivity index (χ1v) is 12.5. The van der Waals surface area contributed by atoms with Crippen molar-refractivity contribution < 1.29 is 9.53 Å². The average Bonchev–Trinajstić information content (AvgIpc) is 3.41. The van der Waals surface area contributed by atoms with Gasteiger partial charge in [-0.3, -0.25) is 14.2 Å². The Balaban J connectivity index is 1.59. The number of nitrogens with zero attached hydrogens (tertiary/aromatic N) is 2. The molecule has 2 heterocycles. The quantitative estimate of drug-likeness (QED) is 0.647. The molecule has 5 atom stereocenters. The van der Waals surface area contributed by atoms with Crippen LogP contribution in [0.4, 0.5) is 5.69 Å². The number of benzene rings is 1. The highest BCUT2D eigenvalue weighted by Crippen LogP contribution is 2.64. The summed E-state index contributed by atoms with van der Waals surface area (Å²) in [6, 6.07) is 8.83. The van der Waals surface area contributed by atoms with E-state index in [0.29, 0.717) is 17.8 Å². The van der Waals surface area contributed by atoms with Crippen LogP contribution in [0.2, 0.25) is 0 Å². The smallest absolute Gasteiger partial charge is 0.326 e. The molecule has 1 aromatic carbocycles. The highest BCUT2D eigenvalue weighted by atomic mass is 32.2. The second-order valence-electron chi connectivity index (χ2n) is 8.89. The highest BCUT2D eigenvalue weighted by Gasteiger charge is 2.55. The number of anilines is 1. The minimum Gasteiger partial charge on any atom is -0.465 e. The molecule has 5 rings (SSSR count). The average molecular weight is 445 g/mol. The van der Waals surface area contributed by atoms with Crippen molar-refractivity contribution in [1.82, 2.24) is 4.57 Å². The fourth-order valence-corrected chi connectivity index (χ4v) is 8.93. The Morgan fingerprint density at radius 2 is 1.93 bits per heavy atom. The van der Waals surface area contributed by atoms with Crippen LogP contribution in [0, 0.1) is 17.8 Å². The van der Waals surface area contributed by atoms with Crippen LogP contribution < -0.4 is 9.77 Å². The summed E-state index contributed by atoms with van der Waals surface area (Å²) >= 11 is 3.20. The molecule has 4 unspecified atom stereocenters. The molecule has 160 valence electrons. The monoisotopic (exact) mass is 444 g/mol. The van der Waals surface area contributed by atoms with Gasteiger partial charge in [0.15, 0.2) is 0 Å². The molecule has 5 nitrogen and oxygen atoms in total. The first kappa shape index (κ1) is 20.2. The van der Waals surface area contributed by atoms with Crippen molar-refractivity contribution in [2.24, 2.45) is 17.8 Å². The predicted molar refractivity (Wildman–Crippen MR) is 122 cm³/mol. The molecular weight excluding hydrogens is 416 g/mol. The molecule has 0 N–H and O–H groups in total. The van der Waals surface area contributed by atoms with Crippen LogP contribution in [0.3, 0.4) is 0 Å². The van der Waals surface area contributed by atoms with Gasteiger partial charge < -0.3 is 9.64 Å². The largest absolute Gasteiger partial charge is 0.465 e. The molecule has 2 saturated carbocycles. The van der Waals surface area contributed by atoms with Gasteiger partial charge in [0.25, 0.3) is 0 Å². The molecule has 2 bridgehead atoms. The fourth-order valence-electron chi connectivity index (χ4n) is 5.78. The number of hydrogen-bond acceptors (Lipinski definition) is 6. The van der Waals surface area contributed by atoms with Gasteiger partial charge in [-0.2, -0.15) is 0 Å². The van der Waals surface area contributed by atoms with Crippen molar-refractivity contribution in [2.75, 3.05) is 25.6 Å². The van der Waals surface area contributed by atoms with Crippen molar-refractivity contribution in [3.8, 4) is 0 Å². The number of esters is 1. The van der Waals surface area contributed by atoms with E-state index in [1.54, 1.807) is 11.5 Å². The lowest BCUT2D eigenvalue weighted by Crippen LogP contribution is -2.34. The van der Waals surface area contributed by atoms with Crippen LogP contribution in [0.5, 0.6) is 0 Å². The number of thiazole rings is 1. The minimum atomic E-state index is -0.331. The SMILES string of the molecule is CCOC(=O)Cn1c2c(sc1=O)[C@H](c1ccc(N(C)C)cc1)C1C3CCC(C3)C1S2. The van der Waals surface area contributed by atoms with E-state index in [-0.39, 0.29) is 23.3 Å². The number of carbonyl (C=O) groups excluding carboxylic acids is 1. The predicted octanol–water partition coefficient (Wildman–Crippen LogP) is 4.19. The Morgan fingerprint density at radius 1 is 1.20 bits per heavy atom. The summed E-state index contributed by atoms with van der Waals surface area (Å²) in [5.41, 5.74) is 2.48. The number of aromatic nitrogens is 1. The lowest BCUT2D eigenvalue weighted by atomic mass is 9.75. The first-order valence-electron chi connectivity index (χ1n) is 10.8. The number of thioether (sulfide) groups is 1. The third-order valence-corrected chi connectivity index (χ3v) is 9.88. The zero-order valence-electron chi connectivity index (χ0n) is 17.7. The maximum Gasteiger partial charge on any atom is 0.326 e. The van der Waals surface area contributed by atoms with Crippen LogP contribution in [0.15, 0.2) is 34.1 Å². The summed E-state index contributed by atoms with van der Waals surface area (Å²) in [5.74, 6) is 1.98. The van der Waals surface area contributed by atoms with Crippen molar-refractivity contribution in [3.63, 3.8) is 0 Å². The lowest BCUT2D eigenvalue weighted by molar-refractivity contribution is -0.144. The number of carbonyl (C=O) groups is 1. The first-order chi connectivity index (χ1) is 14.5. The van der Waals surface area contributed by atoms with Crippen LogP contribution in [0.1, 0.15) is 42.5 Å². The zero-order valence-corrected chi connectivity index (χ0v) is 19.3. The topological polar surface area (TPSA) is 51.5 Å². The molecule has 2 aromatic rings. The van der Waals surface area contributed by atoms with Crippen LogP contribution in [-0.2, 0) is 16.1 Å². The summed E-state index contributed by atoms with van der Waals surface area (Å²) < 4.78 is 6.81. The molecule has 0 amide bonds. The van der Waals surface area contributed by atoms with Crippen LogP contribution >= 0.6 is 23.1 Å². The fraction of sp³-hybridized carbons (Fsp3) is 0.565. The van der Waals surface area contributed by atoms with Crippen molar-refractivity contribution in [2.45, 2.75) is 48.9 Å². The number of rotatable bonds is 5. The highest BCUT2D eigenvalue weighted by molar-refractivity contribution is 8.00. The Kier molecular flexibility index (Phi) is 5.22. The molecule has 2 aliphatic carbocycles. The number of ether oxygens (including phenoxy) is 1. The molecule has 2 fully saturated rings. The second kappa shape index (κ2) is 7.75. The van der Waals surface area contributed by atoms with Gasteiger partial charge in [-0.1, -0.05) is 23.5 Å². The summed E-state index contributed by atoms with van der Waals surface area (Å²) in [6.45, 7) is 2.15. The lowest BCUT2D eigenvalue weighted by Gasteiger charge is -2.40. The van der Waals surface area contributed by atoms with Gasteiger partial charge in [-0.25, -0.2) is 0 Å². The van der Waals surface area contributed by atoms with Gasteiger partial charge in [-0.05, 0) is 61.6 Å². The van der Waals surface area contributed by atoms with E-state index in [1.807, 2.05) is 11.8 Å². The molecule has 30 heavy (non-hydrogen) atoms. The zero-order chi connectivity index (χ0) is 21.0. The summed E-state index contributed by atoms with van der Waals surface area (Å²) in [6.07, 6.45) is 3.92. The molecule has 0 saturated heterocycles. The third-order valence-electron chi connectivity index (χ3n) is 7.05. The number of hydrogen-bond donors (Lipinski definition) is 0. The van der Waals surface area contributed by atoms with E-state index >= 15 is 0 Å². The van der Waals surface area contributed by atoms with Gasteiger partial charge in [-0.15, -0.1) is 11.8 Å². The summed E-state index contributed by atoms with van der Waals surface area (Å²) in [4.78, 5) is 28.3. The van der Waals surface area contributed by atoms with Crippen LogP contribution in [-0.4, -0.2) is 36.5 Å². The third kappa shape index (κ3) is 3.21. The minimum absolute atomic E-state index is 0.0171. The van der Waals surface area contributed by atoms with Crippen molar-refractivity contribution in [1.29, 1.82) is 0 Å². The molecule has 3 aliphatic rings. The van der Waals surface area contributed by atoms with E-state index in [2.05, 4.69) is 43.3 Å². The van der Waals surface area contributed by atoms with E-state index in [9.17, 15) is 9.59 Å². The molecule has 0 radical (unpaired) electrons. The van der Waals surface area contributed by atoms with Crippen molar-refractivity contribution in [3.05, 3.63) is 44.4 Å². The molecule has 1 aromatic heterocycles. The van der Waals surface area contributed by atoms with E-state index < -0.39 is 0 Å². The molecular formula is C23H28N2O3S2. The Bertz CT molecular complexity index is 1010. The maximum absolute atomic E-state index is 12.9. The Labute approximate surface area is 185 Å². The van der Waals surface area contributed by atoms with Crippen LogP contribution in [0.25, 0.3) is 0 Å². The standard InChI is InChI=1S/C23H28N2O3S2/c1-4-28-17(26)12-25-22-21(30-23(25)27)18(13-7-9-16(10-8-13)24(2)3)19-14-5-6-15(11-14)20(19)29-22/h7-10,14-15,18-20H,4-6,11-12H2,1-3H3/t14?,15?,18-,19?,20?/m1/s1. The van der Waals surface area contributed by atoms with E-state index in [1.165, 1.54) is 41.9 Å². The molecule has 0 spiro atoms. The molecule has 1 aliphatic heterocycles. The van der Waals surface area contributed by atoms with Gasteiger partial charge >= 0.3 is 10.8 Å². The normalized spacial score (nSPS) is 28.8. The Hall–Kier alpha value is -1.73. The summed E-state index contributed by atoms with van der Waals surface area (Å²) in [5, 5.41) is 1.55. The van der Waals surface area contributed by atoms with Crippen molar-refractivity contribution >= 4 is 34.8 Å². The van der Waals surface area contributed by atoms with Gasteiger partial charge in [0.1, 0.15) is 6.54 Å². The summed E-state index contributed by atoms with van der Waals surface area (Å²) in [7, 11) is 4.11. The molecule has 7 heteroatoms. The van der Waals surface area contributed by atoms with E-state index in [0.717, 1.165) is 21.7 Å². The maximum atomic E-state index is 12.9. The van der Waals surface area contributed by atoms with Gasteiger partial charge in [0.05, 0.1) is 11.6 Å².